The van der Waals surface area contributed by atoms with Gasteiger partial charge in [-0.1, -0.05) is 13.8 Å². The predicted molar refractivity (Wildman–Crippen MR) is 98.8 cm³/mol. The van der Waals surface area contributed by atoms with Crippen LogP contribution < -0.4 is 20.8 Å². The highest BCUT2D eigenvalue weighted by atomic mass is 16.5. The molecule has 1 aromatic carbocycles. The molecule has 26 heavy (non-hydrogen) atoms. The number of hydrogen-bond donors (Lipinski definition) is 3. The molecule has 1 aromatic rings. The van der Waals surface area contributed by atoms with Crippen LogP contribution in [0.1, 0.15) is 33.3 Å². The van der Waals surface area contributed by atoms with Crippen molar-refractivity contribution in [2.45, 2.75) is 33.7 Å². The summed E-state index contributed by atoms with van der Waals surface area (Å²) in [4.78, 5) is 34.5. The fourth-order valence-corrected chi connectivity index (χ4v) is 1.76. The second kappa shape index (κ2) is 10.9. The minimum atomic E-state index is -0.821. The maximum absolute atomic E-state index is 11.5. The van der Waals surface area contributed by atoms with E-state index in [-0.39, 0.29) is 24.5 Å². The first kappa shape index (κ1) is 21.1. The molecule has 0 bridgehead atoms. The lowest BCUT2D eigenvalue weighted by atomic mass is 10.2. The molecule has 0 spiro atoms. The molecule has 0 heterocycles. The third-order valence-corrected chi connectivity index (χ3v) is 2.96. The second-order valence-electron chi connectivity index (χ2n) is 6.38. The Kier molecular flexibility index (Phi) is 8.83. The molecular weight excluding hydrogens is 336 g/mol. The normalized spacial score (nSPS) is 10.8. The van der Waals surface area contributed by atoms with E-state index in [2.05, 4.69) is 21.2 Å². The van der Waals surface area contributed by atoms with Gasteiger partial charge in [-0.05, 0) is 49.6 Å². The van der Waals surface area contributed by atoms with Gasteiger partial charge in [0.1, 0.15) is 5.75 Å². The van der Waals surface area contributed by atoms with Gasteiger partial charge in [0.25, 0.3) is 5.91 Å². The molecule has 0 aliphatic heterocycles. The molecule has 3 N–H and O–H groups in total. The van der Waals surface area contributed by atoms with E-state index in [9.17, 15) is 14.4 Å². The zero-order valence-corrected chi connectivity index (χ0v) is 15.5. The summed E-state index contributed by atoms with van der Waals surface area (Å²) in [5.41, 5.74) is 2.86. The smallest absolute Gasteiger partial charge is 0.329 e. The summed E-state index contributed by atoms with van der Waals surface area (Å²) in [5, 5.41) is 8.96. The predicted octanol–water partition coefficient (Wildman–Crippen LogP) is 0.812. The topological polar surface area (TPSA) is 109 Å². The van der Waals surface area contributed by atoms with E-state index < -0.39 is 11.8 Å². The number of hydrogen-bond acceptors (Lipinski definition) is 5. The van der Waals surface area contributed by atoms with Crippen molar-refractivity contribution in [3.8, 4) is 5.75 Å². The third kappa shape index (κ3) is 8.81. The highest BCUT2D eigenvalue weighted by Gasteiger charge is 2.12. The van der Waals surface area contributed by atoms with Crippen molar-refractivity contribution < 1.29 is 19.1 Å². The van der Waals surface area contributed by atoms with Crippen LogP contribution in [0.5, 0.6) is 5.75 Å². The zero-order valence-electron chi connectivity index (χ0n) is 15.5. The second-order valence-corrected chi connectivity index (χ2v) is 6.38. The van der Waals surface area contributed by atoms with Crippen molar-refractivity contribution in [3.05, 3.63) is 29.8 Å². The number of nitrogens with one attached hydrogen (secondary N) is 3. The number of hydrazone groups is 1. The molecule has 1 rings (SSSR count). The van der Waals surface area contributed by atoms with Crippen LogP contribution in [0.4, 0.5) is 0 Å². The average molecular weight is 362 g/mol. The lowest BCUT2D eigenvalue weighted by Crippen LogP contribution is -2.39. The monoisotopic (exact) mass is 362 g/mol. The molecule has 0 radical (unpaired) electrons. The maximum Gasteiger partial charge on any atom is 0.329 e. The third-order valence-electron chi connectivity index (χ3n) is 2.96. The summed E-state index contributed by atoms with van der Waals surface area (Å²) in [6.07, 6.45) is 1.41. The van der Waals surface area contributed by atoms with Crippen LogP contribution >= 0.6 is 0 Å². The zero-order chi connectivity index (χ0) is 19.5. The minimum absolute atomic E-state index is 0.0623. The van der Waals surface area contributed by atoms with Crippen molar-refractivity contribution in [1.82, 2.24) is 16.1 Å². The lowest BCUT2D eigenvalue weighted by Gasteiger charge is -2.09. The van der Waals surface area contributed by atoms with Gasteiger partial charge in [0.05, 0.1) is 6.21 Å². The molecule has 0 aliphatic carbocycles. The van der Waals surface area contributed by atoms with E-state index in [1.165, 1.54) is 6.21 Å². The lowest BCUT2D eigenvalue weighted by molar-refractivity contribution is -0.139. The van der Waals surface area contributed by atoms with Crippen molar-refractivity contribution in [2.24, 2.45) is 11.0 Å². The largest absolute Gasteiger partial charge is 0.484 e. The summed E-state index contributed by atoms with van der Waals surface area (Å²) in [6.45, 7) is 7.97. The van der Waals surface area contributed by atoms with Gasteiger partial charge in [-0.15, -0.1) is 0 Å². The number of nitrogens with zero attached hydrogens (tertiary/aromatic N) is 1. The van der Waals surface area contributed by atoms with Crippen LogP contribution in [0, 0.1) is 5.92 Å². The van der Waals surface area contributed by atoms with Crippen molar-refractivity contribution in [3.63, 3.8) is 0 Å². The SMILES string of the molecule is CC(C)CNC(=O)C(=O)N/N=C\c1ccc(OCC(=O)NC(C)C)cc1. The number of ether oxygens (including phenoxy) is 1. The summed E-state index contributed by atoms with van der Waals surface area (Å²) in [5.74, 6) is -0.938. The Hall–Kier alpha value is -2.90. The summed E-state index contributed by atoms with van der Waals surface area (Å²) >= 11 is 0. The average Bonchev–Trinajstić information content (AvgIpc) is 2.58. The van der Waals surface area contributed by atoms with Crippen LogP contribution in [-0.4, -0.2) is 43.1 Å². The first-order valence-electron chi connectivity index (χ1n) is 8.41. The van der Waals surface area contributed by atoms with Gasteiger partial charge < -0.3 is 15.4 Å². The fourth-order valence-electron chi connectivity index (χ4n) is 1.76. The molecule has 142 valence electrons. The van der Waals surface area contributed by atoms with Gasteiger partial charge in [-0.2, -0.15) is 5.10 Å². The highest BCUT2D eigenvalue weighted by Crippen LogP contribution is 2.10. The Morgan fingerprint density at radius 2 is 1.73 bits per heavy atom. The van der Waals surface area contributed by atoms with Gasteiger partial charge in [-0.25, -0.2) is 5.43 Å². The molecule has 8 nitrogen and oxygen atoms in total. The first-order valence-corrected chi connectivity index (χ1v) is 8.41. The molecule has 0 atom stereocenters. The van der Waals surface area contributed by atoms with E-state index in [4.69, 9.17) is 4.74 Å². The van der Waals surface area contributed by atoms with Crippen molar-refractivity contribution in [1.29, 1.82) is 0 Å². The molecule has 0 unspecified atom stereocenters. The van der Waals surface area contributed by atoms with Gasteiger partial charge in [-0.3, -0.25) is 14.4 Å². The van der Waals surface area contributed by atoms with Gasteiger partial charge >= 0.3 is 11.8 Å². The molecular formula is C18H26N4O4. The molecule has 3 amide bonds. The van der Waals surface area contributed by atoms with Crippen LogP contribution in [0.2, 0.25) is 0 Å². The molecule has 0 saturated heterocycles. The minimum Gasteiger partial charge on any atom is -0.484 e. The van der Waals surface area contributed by atoms with Crippen LogP contribution in [0.25, 0.3) is 0 Å². The van der Waals surface area contributed by atoms with E-state index >= 15 is 0 Å². The number of rotatable bonds is 8. The Labute approximate surface area is 153 Å². The molecule has 0 saturated carbocycles. The Morgan fingerprint density at radius 1 is 1.08 bits per heavy atom. The Bertz CT molecular complexity index is 639. The Balaban J connectivity index is 2.41. The molecule has 0 aliphatic rings. The van der Waals surface area contributed by atoms with Gasteiger partial charge in [0.2, 0.25) is 0 Å². The number of carbonyl (C=O) groups excluding carboxylic acids is 3. The van der Waals surface area contributed by atoms with E-state index in [0.717, 1.165) is 0 Å². The number of carbonyl (C=O) groups is 3. The molecule has 0 aromatic heterocycles. The van der Waals surface area contributed by atoms with Gasteiger partial charge in [0, 0.05) is 12.6 Å². The van der Waals surface area contributed by atoms with E-state index in [1.54, 1.807) is 24.3 Å². The molecule has 0 fully saturated rings. The number of benzene rings is 1. The van der Waals surface area contributed by atoms with Crippen molar-refractivity contribution in [2.75, 3.05) is 13.2 Å². The number of amides is 3. The molecule has 8 heteroatoms. The van der Waals surface area contributed by atoms with Crippen LogP contribution in [0.3, 0.4) is 0 Å². The van der Waals surface area contributed by atoms with Gasteiger partial charge in [0.15, 0.2) is 6.61 Å². The first-order chi connectivity index (χ1) is 12.3. The standard InChI is InChI=1S/C18H26N4O4/c1-12(2)9-19-17(24)18(25)22-20-10-14-5-7-15(8-6-14)26-11-16(23)21-13(3)4/h5-8,10,12-13H,9,11H2,1-4H3,(H,19,24)(H,21,23)(H,22,25)/b20-10-. The van der Waals surface area contributed by atoms with Crippen LogP contribution in [-0.2, 0) is 14.4 Å². The van der Waals surface area contributed by atoms with E-state index in [0.29, 0.717) is 17.9 Å². The Morgan fingerprint density at radius 3 is 2.31 bits per heavy atom. The maximum atomic E-state index is 11.5. The quantitative estimate of drug-likeness (QED) is 0.361. The summed E-state index contributed by atoms with van der Waals surface area (Å²) < 4.78 is 5.36. The van der Waals surface area contributed by atoms with Crippen molar-refractivity contribution >= 4 is 23.9 Å². The van der Waals surface area contributed by atoms with Crippen LogP contribution in [0.15, 0.2) is 29.4 Å². The summed E-state index contributed by atoms with van der Waals surface area (Å²) in [7, 11) is 0. The highest BCUT2D eigenvalue weighted by molar-refractivity contribution is 6.35. The fraction of sp³-hybridized carbons (Fsp3) is 0.444. The van der Waals surface area contributed by atoms with E-state index in [1.807, 2.05) is 27.7 Å². The summed E-state index contributed by atoms with van der Waals surface area (Å²) in [6, 6.07) is 6.85.